The Bertz CT molecular complexity index is 46.1. The molecule has 0 amide bonds. The normalized spacial score (nSPS) is 33.0. The van der Waals surface area contributed by atoms with Crippen LogP contribution >= 0.6 is 0 Å². The van der Waals surface area contributed by atoms with E-state index in [9.17, 15) is 0 Å². The SMILES string of the molecule is C[C@H]1C[CH]CCN1. The van der Waals surface area contributed by atoms with Gasteiger partial charge in [-0.15, -0.1) is 0 Å². The summed E-state index contributed by atoms with van der Waals surface area (Å²) in [6.45, 7) is 3.40. The van der Waals surface area contributed by atoms with Gasteiger partial charge in [-0.05, 0) is 32.7 Å². The molecule has 0 saturated carbocycles. The van der Waals surface area contributed by atoms with Crippen molar-refractivity contribution in [1.82, 2.24) is 5.32 Å². The third kappa shape index (κ3) is 1.48. The summed E-state index contributed by atoms with van der Waals surface area (Å²) in [4.78, 5) is 0. The van der Waals surface area contributed by atoms with Gasteiger partial charge in [0.15, 0.2) is 0 Å². The number of piperidine rings is 1. The molecule has 1 radical (unpaired) electrons. The van der Waals surface area contributed by atoms with Crippen LogP contribution in [0.4, 0.5) is 0 Å². The van der Waals surface area contributed by atoms with E-state index in [4.69, 9.17) is 0 Å². The minimum Gasteiger partial charge on any atom is -0.314 e. The Morgan fingerprint density at radius 1 is 1.71 bits per heavy atom. The van der Waals surface area contributed by atoms with Gasteiger partial charge in [-0.1, -0.05) is 0 Å². The summed E-state index contributed by atoms with van der Waals surface area (Å²) in [5, 5.41) is 3.35. The van der Waals surface area contributed by atoms with Gasteiger partial charge in [0.2, 0.25) is 0 Å². The van der Waals surface area contributed by atoms with Crippen LogP contribution in [0.25, 0.3) is 0 Å². The molecular formula is C6H12N. The average Bonchev–Trinajstić information content (AvgIpc) is 1.69. The van der Waals surface area contributed by atoms with E-state index < -0.39 is 0 Å². The largest absolute Gasteiger partial charge is 0.314 e. The van der Waals surface area contributed by atoms with E-state index in [2.05, 4.69) is 18.7 Å². The Kier molecular flexibility index (Phi) is 1.69. The maximum absolute atomic E-state index is 3.35. The summed E-state index contributed by atoms with van der Waals surface area (Å²) in [7, 11) is 0. The van der Waals surface area contributed by atoms with Crippen LogP contribution in [0.2, 0.25) is 0 Å². The lowest BCUT2D eigenvalue weighted by atomic mass is 10.1. The van der Waals surface area contributed by atoms with Crippen molar-refractivity contribution < 1.29 is 0 Å². The van der Waals surface area contributed by atoms with Crippen molar-refractivity contribution in [2.75, 3.05) is 6.54 Å². The molecule has 1 aliphatic rings. The molecular weight excluding hydrogens is 86.1 g/mol. The van der Waals surface area contributed by atoms with Gasteiger partial charge in [-0.25, -0.2) is 0 Å². The van der Waals surface area contributed by atoms with E-state index in [0.29, 0.717) is 0 Å². The van der Waals surface area contributed by atoms with E-state index in [1.807, 2.05) is 0 Å². The van der Waals surface area contributed by atoms with Crippen LogP contribution in [-0.4, -0.2) is 12.6 Å². The molecule has 0 aromatic heterocycles. The fourth-order valence-electron chi connectivity index (χ4n) is 0.883. The van der Waals surface area contributed by atoms with E-state index >= 15 is 0 Å². The summed E-state index contributed by atoms with van der Waals surface area (Å²) >= 11 is 0. The van der Waals surface area contributed by atoms with Crippen molar-refractivity contribution in [1.29, 1.82) is 0 Å². The number of nitrogens with one attached hydrogen (secondary N) is 1. The summed E-state index contributed by atoms with van der Waals surface area (Å²) < 4.78 is 0. The molecule has 0 spiro atoms. The molecule has 0 aromatic rings. The third-order valence-electron chi connectivity index (χ3n) is 1.36. The third-order valence-corrected chi connectivity index (χ3v) is 1.36. The van der Waals surface area contributed by atoms with Crippen LogP contribution < -0.4 is 5.32 Å². The summed E-state index contributed by atoms with van der Waals surface area (Å²) in [5.41, 5.74) is 0. The minimum absolute atomic E-state index is 0.730. The van der Waals surface area contributed by atoms with Crippen molar-refractivity contribution in [2.24, 2.45) is 0 Å². The van der Waals surface area contributed by atoms with Gasteiger partial charge in [0.1, 0.15) is 0 Å². The first-order chi connectivity index (χ1) is 3.39. The molecule has 1 heterocycles. The van der Waals surface area contributed by atoms with Crippen LogP contribution in [0.5, 0.6) is 0 Å². The van der Waals surface area contributed by atoms with E-state index in [-0.39, 0.29) is 0 Å². The molecule has 0 aliphatic carbocycles. The molecule has 0 aromatic carbocycles. The molecule has 1 atom stereocenters. The van der Waals surface area contributed by atoms with Gasteiger partial charge < -0.3 is 5.32 Å². The Morgan fingerprint density at radius 3 is 2.86 bits per heavy atom. The minimum atomic E-state index is 0.730. The van der Waals surface area contributed by atoms with Crippen molar-refractivity contribution in [3.63, 3.8) is 0 Å². The van der Waals surface area contributed by atoms with Crippen molar-refractivity contribution in [3.05, 3.63) is 6.42 Å². The van der Waals surface area contributed by atoms with E-state index in [0.717, 1.165) is 6.04 Å². The highest BCUT2D eigenvalue weighted by molar-refractivity contribution is 4.79. The molecule has 1 rings (SSSR count). The highest BCUT2D eigenvalue weighted by Gasteiger charge is 2.04. The summed E-state index contributed by atoms with van der Waals surface area (Å²) in [5.74, 6) is 0. The Morgan fingerprint density at radius 2 is 2.57 bits per heavy atom. The molecule has 0 bridgehead atoms. The Hall–Kier alpha value is -0.0400. The first-order valence-corrected chi connectivity index (χ1v) is 2.94. The second-order valence-electron chi connectivity index (χ2n) is 2.17. The van der Waals surface area contributed by atoms with Crippen LogP contribution in [0.15, 0.2) is 0 Å². The zero-order valence-corrected chi connectivity index (χ0v) is 4.78. The molecule has 1 nitrogen and oxygen atoms in total. The fourth-order valence-corrected chi connectivity index (χ4v) is 0.883. The molecule has 1 fully saturated rings. The Labute approximate surface area is 45.1 Å². The van der Waals surface area contributed by atoms with Gasteiger partial charge in [-0.2, -0.15) is 0 Å². The van der Waals surface area contributed by atoms with Crippen LogP contribution in [0.3, 0.4) is 0 Å². The predicted molar refractivity (Wildman–Crippen MR) is 31.0 cm³/mol. The first-order valence-electron chi connectivity index (χ1n) is 2.94. The quantitative estimate of drug-likeness (QED) is 0.476. The van der Waals surface area contributed by atoms with Crippen molar-refractivity contribution in [3.8, 4) is 0 Å². The zero-order valence-electron chi connectivity index (χ0n) is 4.78. The summed E-state index contributed by atoms with van der Waals surface area (Å²) in [6, 6.07) is 0.730. The molecule has 41 valence electrons. The van der Waals surface area contributed by atoms with Gasteiger partial charge in [0.05, 0.1) is 0 Å². The number of rotatable bonds is 0. The molecule has 7 heavy (non-hydrogen) atoms. The maximum Gasteiger partial charge on any atom is 0.00414 e. The van der Waals surface area contributed by atoms with E-state index in [1.165, 1.54) is 19.4 Å². The predicted octanol–water partition coefficient (Wildman–Crippen LogP) is 0.963. The lowest BCUT2D eigenvalue weighted by Crippen LogP contribution is -2.31. The number of hydrogen-bond donors (Lipinski definition) is 1. The van der Waals surface area contributed by atoms with Gasteiger partial charge in [-0.3, -0.25) is 0 Å². The smallest absolute Gasteiger partial charge is 0.00414 e. The maximum atomic E-state index is 3.35. The number of hydrogen-bond acceptors (Lipinski definition) is 1. The molecule has 0 unspecified atom stereocenters. The van der Waals surface area contributed by atoms with Crippen molar-refractivity contribution in [2.45, 2.75) is 25.8 Å². The topological polar surface area (TPSA) is 12.0 Å². The molecule has 1 heteroatoms. The highest BCUT2D eigenvalue weighted by atomic mass is 14.9. The summed E-state index contributed by atoms with van der Waals surface area (Å²) in [6.07, 6.45) is 4.85. The van der Waals surface area contributed by atoms with Crippen LogP contribution in [0.1, 0.15) is 19.8 Å². The fraction of sp³-hybridized carbons (Fsp3) is 0.833. The second kappa shape index (κ2) is 2.31. The Balaban J connectivity index is 2.12. The van der Waals surface area contributed by atoms with E-state index in [1.54, 1.807) is 0 Å². The highest BCUT2D eigenvalue weighted by Crippen LogP contribution is 2.03. The molecule has 1 saturated heterocycles. The van der Waals surface area contributed by atoms with Crippen molar-refractivity contribution >= 4 is 0 Å². The average molecular weight is 98.2 g/mol. The lowest BCUT2D eigenvalue weighted by molar-refractivity contribution is 0.489. The zero-order chi connectivity index (χ0) is 5.11. The van der Waals surface area contributed by atoms with Gasteiger partial charge in [0, 0.05) is 6.04 Å². The first kappa shape index (κ1) is 5.10. The standard InChI is InChI=1S/C6H12N/c1-6-4-2-3-5-7-6/h2,6-7H,3-5H2,1H3/t6-/m0/s1. The molecule has 1 aliphatic heterocycles. The van der Waals surface area contributed by atoms with Gasteiger partial charge >= 0.3 is 0 Å². The monoisotopic (exact) mass is 98.1 g/mol. The van der Waals surface area contributed by atoms with Crippen LogP contribution in [0, 0.1) is 6.42 Å². The molecule has 1 N–H and O–H groups in total. The van der Waals surface area contributed by atoms with Crippen LogP contribution in [-0.2, 0) is 0 Å². The van der Waals surface area contributed by atoms with Gasteiger partial charge in [0.25, 0.3) is 0 Å². The lowest BCUT2D eigenvalue weighted by Gasteiger charge is -2.17. The second-order valence-corrected chi connectivity index (χ2v) is 2.17.